The molecular weight excluding hydrogens is 222 g/mol. The van der Waals surface area contributed by atoms with Gasteiger partial charge >= 0.3 is 5.97 Å². The molecule has 0 heterocycles. The predicted molar refractivity (Wildman–Crippen MR) is 64.6 cm³/mol. The van der Waals surface area contributed by atoms with E-state index < -0.39 is 23.5 Å². The van der Waals surface area contributed by atoms with Gasteiger partial charge in [-0.05, 0) is 19.8 Å². The van der Waals surface area contributed by atoms with E-state index in [1.807, 2.05) is 13.8 Å². The lowest BCUT2D eigenvalue weighted by atomic mass is 9.89. The second-order valence-electron chi connectivity index (χ2n) is 4.53. The second kappa shape index (κ2) is 7.27. The Morgan fingerprint density at radius 1 is 1.24 bits per heavy atom. The molecule has 1 unspecified atom stereocenters. The molecule has 0 aromatic rings. The number of aliphatic hydroxyl groups is 1. The molecule has 0 radical (unpaired) electrons. The van der Waals surface area contributed by atoms with Crippen molar-refractivity contribution in [2.45, 2.75) is 64.5 Å². The molecule has 0 aromatic carbocycles. The lowest BCUT2D eigenvalue weighted by molar-refractivity contribution is -0.142. The van der Waals surface area contributed by atoms with Crippen molar-refractivity contribution < 1.29 is 19.8 Å². The van der Waals surface area contributed by atoms with Gasteiger partial charge in [0.25, 0.3) is 0 Å². The highest BCUT2D eigenvalue weighted by atomic mass is 16.4. The topological polar surface area (TPSA) is 86.6 Å². The maximum absolute atomic E-state index is 11.6. The molecule has 1 atom stereocenters. The van der Waals surface area contributed by atoms with Crippen LogP contribution in [-0.4, -0.2) is 33.7 Å². The third-order valence-corrected chi connectivity index (χ3v) is 2.67. The van der Waals surface area contributed by atoms with Gasteiger partial charge in [-0.3, -0.25) is 9.59 Å². The Morgan fingerprint density at radius 2 is 1.71 bits per heavy atom. The van der Waals surface area contributed by atoms with Crippen molar-refractivity contribution in [3.63, 3.8) is 0 Å². The standard InChI is InChI=1S/C12H23NO4/c1-4-6-12(17,7-5-2)8-10(14)13-9(3)11(15)16/h9,17H,4-8H2,1-3H3,(H,13,14)(H,15,16). The number of rotatable bonds is 8. The highest BCUT2D eigenvalue weighted by molar-refractivity contribution is 5.83. The highest BCUT2D eigenvalue weighted by Crippen LogP contribution is 2.23. The summed E-state index contributed by atoms with van der Waals surface area (Å²) in [6, 6.07) is -0.921. The summed E-state index contributed by atoms with van der Waals surface area (Å²) in [5, 5.41) is 21.2. The van der Waals surface area contributed by atoms with Crippen LogP contribution in [0, 0.1) is 0 Å². The normalized spacial score (nSPS) is 13.2. The zero-order valence-electron chi connectivity index (χ0n) is 10.8. The van der Waals surface area contributed by atoms with Crippen molar-refractivity contribution in [2.75, 3.05) is 0 Å². The van der Waals surface area contributed by atoms with Crippen LogP contribution in [0.4, 0.5) is 0 Å². The van der Waals surface area contributed by atoms with Crippen LogP contribution >= 0.6 is 0 Å². The number of aliphatic carboxylic acids is 1. The van der Waals surface area contributed by atoms with Gasteiger partial charge in [0.1, 0.15) is 6.04 Å². The summed E-state index contributed by atoms with van der Waals surface area (Å²) in [6.07, 6.45) is 2.65. The average molecular weight is 245 g/mol. The van der Waals surface area contributed by atoms with Crippen LogP contribution < -0.4 is 5.32 Å². The first-order valence-corrected chi connectivity index (χ1v) is 6.09. The molecule has 0 aliphatic heterocycles. The molecule has 0 saturated heterocycles. The highest BCUT2D eigenvalue weighted by Gasteiger charge is 2.29. The number of carboxylic acids is 1. The van der Waals surface area contributed by atoms with Crippen molar-refractivity contribution in [1.82, 2.24) is 5.32 Å². The minimum Gasteiger partial charge on any atom is -0.480 e. The summed E-state index contributed by atoms with van der Waals surface area (Å²) in [5.74, 6) is -1.49. The van der Waals surface area contributed by atoms with Crippen molar-refractivity contribution >= 4 is 11.9 Å². The van der Waals surface area contributed by atoms with Gasteiger partial charge < -0.3 is 15.5 Å². The van der Waals surface area contributed by atoms with Gasteiger partial charge in [-0.1, -0.05) is 26.7 Å². The fraction of sp³-hybridized carbons (Fsp3) is 0.833. The van der Waals surface area contributed by atoms with Crippen LogP contribution in [0.5, 0.6) is 0 Å². The summed E-state index contributed by atoms with van der Waals surface area (Å²) in [4.78, 5) is 22.2. The molecule has 1 amide bonds. The van der Waals surface area contributed by atoms with Crippen LogP contribution in [0.3, 0.4) is 0 Å². The van der Waals surface area contributed by atoms with E-state index in [1.165, 1.54) is 6.92 Å². The van der Waals surface area contributed by atoms with E-state index in [0.29, 0.717) is 12.8 Å². The maximum Gasteiger partial charge on any atom is 0.325 e. The van der Waals surface area contributed by atoms with E-state index in [9.17, 15) is 14.7 Å². The largest absolute Gasteiger partial charge is 0.480 e. The Bertz CT molecular complexity index is 259. The summed E-state index contributed by atoms with van der Waals surface area (Å²) < 4.78 is 0. The van der Waals surface area contributed by atoms with Gasteiger partial charge in [0.2, 0.25) is 5.91 Å². The quantitative estimate of drug-likeness (QED) is 0.601. The Hall–Kier alpha value is -1.10. The van der Waals surface area contributed by atoms with Gasteiger partial charge in [-0.15, -0.1) is 0 Å². The number of carbonyl (C=O) groups excluding carboxylic acids is 1. The number of hydrogen-bond donors (Lipinski definition) is 3. The number of hydrogen-bond acceptors (Lipinski definition) is 3. The molecule has 17 heavy (non-hydrogen) atoms. The Balaban J connectivity index is 4.35. The molecule has 0 aromatic heterocycles. The van der Waals surface area contributed by atoms with Gasteiger partial charge in [0, 0.05) is 0 Å². The SMILES string of the molecule is CCCC(O)(CCC)CC(=O)NC(C)C(=O)O. The summed E-state index contributed by atoms with van der Waals surface area (Å²) >= 11 is 0. The molecule has 0 aliphatic carbocycles. The molecular formula is C12H23NO4. The van der Waals surface area contributed by atoms with Gasteiger partial charge in [0.05, 0.1) is 12.0 Å². The Morgan fingerprint density at radius 3 is 2.06 bits per heavy atom. The van der Waals surface area contributed by atoms with Gasteiger partial charge in [-0.25, -0.2) is 0 Å². The smallest absolute Gasteiger partial charge is 0.325 e. The molecule has 0 bridgehead atoms. The fourth-order valence-corrected chi connectivity index (χ4v) is 1.89. The molecule has 100 valence electrons. The third-order valence-electron chi connectivity index (χ3n) is 2.67. The average Bonchev–Trinajstić information content (AvgIpc) is 2.16. The zero-order valence-corrected chi connectivity index (χ0v) is 10.8. The molecule has 0 spiro atoms. The number of carboxylic acid groups (broad SMARTS) is 1. The van der Waals surface area contributed by atoms with E-state index >= 15 is 0 Å². The molecule has 0 saturated carbocycles. The first-order chi connectivity index (χ1) is 7.84. The second-order valence-corrected chi connectivity index (χ2v) is 4.53. The summed E-state index contributed by atoms with van der Waals surface area (Å²) in [5.41, 5.74) is -1.01. The Kier molecular flexibility index (Phi) is 6.80. The number of carbonyl (C=O) groups is 2. The van der Waals surface area contributed by atoms with Crippen LogP contribution in [0.1, 0.15) is 52.9 Å². The van der Waals surface area contributed by atoms with Crippen molar-refractivity contribution in [3.05, 3.63) is 0 Å². The zero-order chi connectivity index (χ0) is 13.5. The summed E-state index contributed by atoms with van der Waals surface area (Å²) in [7, 11) is 0. The van der Waals surface area contributed by atoms with Crippen LogP contribution in [-0.2, 0) is 9.59 Å². The minimum atomic E-state index is -1.08. The van der Waals surface area contributed by atoms with E-state index in [0.717, 1.165) is 12.8 Å². The van der Waals surface area contributed by atoms with Crippen LogP contribution in [0.2, 0.25) is 0 Å². The fourth-order valence-electron chi connectivity index (χ4n) is 1.89. The van der Waals surface area contributed by atoms with E-state index in [1.54, 1.807) is 0 Å². The first kappa shape index (κ1) is 15.9. The number of nitrogens with one attached hydrogen (secondary N) is 1. The van der Waals surface area contributed by atoms with E-state index in [2.05, 4.69) is 5.32 Å². The molecule has 5 heteroatoms. The molecule has 0 aliphatic rings. The van der Waals surface area contributed by atoms with E-state index in [-0.39, 0.29) is 6.42 Å². The molecule has 0 rings (SSSR count). The van der Waals surface area contributed by atoms with Crippen LogP contribution in [0.25, 0.3) is 0 Å². The summed E-state index contributed by atoms with van der Waals surface area (Å²) in [6.45, 7) is 5.29. The monoisotopic (exact) mass is 245 g/mol. The number of amides is 1. The van der Waals surface area contributed by atoms with Crippen molar-refractivity contribution in [2.24, 2.45) is 0 Å². The predicted octanol–water partition coefficient (Wildman–Crippen LogP) is 1.30. The van der Waals surface area contributed by atoms with E-state index in [4.69, 9.17) is 5.11 Å². The van der Waals surface area contributed by atoms with Crippen LogP contribution in [0.15, 0.2) is 0 Å². The third kappa shape index (κ3) is 6.26. The Labute approximate surface area is 102 Å². The molecule has 0 fully saturated rings. The minimum absolute atomic E-state index is 0.0354. The first-order valence-electron chi connectivity index (χ1n) is 6.09. The van der Waals surface area contributed by atoms with Gasteiger partial charge in [-0.2, -0.15) is 0 Å². The van der Waals surface area contributed by atoms with Gasteiger partial charge in [0.15, 0.2) is 0 Å². The molecule has 3 N–H and O–H groups in total. The van der Waals surface area contributed by atoms with Crippen molar-refractivity contribution in [1.29, 1.82) is 0 Å². The lowest BCUT2D eigenvalue weighted by Gasteiger charge is -2.27. The maximum atomic E-state index is 11.6. The van der Waals surface area contributed by atoms with Crippen molar-refractivity contribution in [3.8, 4) is 0 Å². The lowest BCUT2D eigenvalue weighted by Crippen LogP contribution is -2.43. The molecule has 5 nitrogen and oxygen atoms in total.